The number of hydrogen-bond acceptors (Lipinski definition) is 5. The van der Waals surface area contributed by atoms with Crippen LogP contribution in [-0.2, 0) is 14.2 Å². The van der Waals surface area contributed by atoms with Gasteiger partial charge in [0.05, 0.1) is 19.3 Å². The second kappa shape index (κ2) is 19.9. The Hall–Kier alpha value is -0.460. The first-order chi connectivity index (χ1) is 12.3. The molecule has 1 unspecified atom stereocenters. The summed E-state index contributed by atoms with van der Waals surface area (Å²) in [5.74, 6) is 0. The molecule has 25 heavy (non-hydrogen) atoms. The van der Waals surface area contributed by atoms with Crippen molar-refractivity contribution < 1.29 is 24.4 Å². The minimum Gasteiger partial charge on any atom is -0.396 e. The van der Waals surface area contributed by atoms with E-state index in [0.29, 0.717) is 13.0 Å². The van der Waals surface area contributed by atoms with Crippen molar-refractivity contribution in [2.45, 2.75) is 83.3 Å². The van der Waals surface area contributed by atoms with Gasteiger partial charge in [-0.2, -0.15) is 0 Å². The van der Waals surface area contributed by atoms with Gasteiger partial charge in [-0.15, -0.1) is 0 Å². The minimum absolute atomic E-state index is 0.000696. The minimum atomic E-state index is -0.474. The van der Waals surface area contributed by atoms with Crippen LogP contribution in [0.5, 0.6) is 0 Å². The Labute approximate surface area is 154 Å². The molecule has 0 aliphatic rings. The molecule has 0 fully saturated rings. The zero-order valence-corrected chi connectivity index (χ0v) is 16.3. The summed E-state index contributed by atoms with van der Waals surface area (Å²) in [6.07, 6.45) is 15.6. The molecule has 0 amide bonds. The van der Waals surface area contributed by atoms with E-state index < -0.39 is 6.10 Å². The van der Waals surface area contributed by atoms with E-state index in [1.165, 1.54) is 51.4 Å². The molecule has 150 valence electrons. The Morgan fingerprint density at radius 1 is 0.880 bits per heavy atom. The fourth-order valence-electron chi connectivity index (χ4n) is 2.69. The van der Waals surface area contributed by atoms with E-state index in [0.717, 1.165) is 6.42 Å². The lowest BCUT2D eigenvalue weighted by Crippen LogP contribution is -2.35. The highest BCUT2D eigenvalue weighted by atomic mass is 16.7. The van der Waals surface area contributed by atoms with Gasteiger partial charge in [0.1, 0.15) is 12.9 Å². The van der Waals surface area contributed by atoms with Crippen LogP contribution in [0.25, 0.3) is 0 Å². The van der Waals surface area contributed by atoms with Gasteiger partial charge in [0.15, 0.2) is 0 Å². The molecule has 0 radical (unpaired) electrons. The number of hydrogen-bond donors (Lipinski definition) is 2. The molecule has 0 saturated heterocycles. The molecule has 0 aromatic rings. The monoisotopic (exact) mass is 360 g/mol. The van der Waals surface area contributed by atoms with Gasteiger partial charge in [-0.1, -0.05) is 64.0 Å². The van der Waals surface area contributed by atoms with Crippen molar-refractivity contribution in [1.82, 2.24) is 0 Å². The zero-order valence-electron chi connectivity index (χ0n) is 16.3. The number of ether oxygens (including phenoxy) is 3. The maximum absolute atomic E-state index is 9.30. The van der Waals surface area contributed by atoms with Gasteiger partial charge in [0, 0.05) is 13.7 Å². The van der Waals surface area contributed by atoms with Gasteiger partial charge in [0.2, 0.25) is 0 Å². The lowest BCUT2D eigenvalue weighted by Gasteiger charge is -2.23. The maximum atomic E-state index is 9.30. The van der Waals surface area contributed by atoms with E-state index in [1.54, 1.807) is 7.11 Å². The summed E-state index contributed by atoms with van der Waals surface area (Å²) in [4.78, 5) is 0. The molecule has 0 saturated carbocycles. The van der Waals surface area contributed by atoms with Gasteiger partial charge >= 0.3 is 0 Å². The molecule has 0 aromatic heterocycles. The molecular weight excluding hydrogens is 320 g/mol. The van der Waals surface area contributed by atoms with Gasteiger partial charge in [-0.25, -0.2) is 0 Å². The number of allylic oxidation sites excluding steroid dienone is 1. The van der Waals surface area contributed by atoms with Crippen molar-refractivity contribution in [3.05, 3.63) is 12.2 Å². The smallest absolute Gasteiger partial charge is 0.147 e. The van der Waals surface area contributed by atoms with Crippen LogP contribution in [0.15, 0.2) is 12.2 Å². The lowest BCUT2D eigenvalue weighted by molar-refractivity contribution is -0.143. The zero-order chi connectivity index (χ0) is 18.6. The van der Waals surface area contributed by atoms with Gasteiger partial charge < -0.3 is 24.4 Å². The fraction of sp³-hybridized carbons (Fsp3) is 0.900. The van der Waals surface area contributed by atoms with Crippen molar-refractivity contribution in [3.63, 3.8) is 0 Å². The van der Waals surface area contributed by atoms with Crippen LogP contribution in [0.4, 0.5) is 0 Å². The van der Waals surface area contributed by atoms with Crippen molar-refractivity contribution in [1.29, 1.82) is 0 Å². The third kappa shape index (κ3) is 15.5. The Morgan fingerprint density at radius 3 is 2.16 bits per heavy atom. The number of rotatable bonds is 19. The Kier molecular flexibility index (Phi) is 19.5. The highest BCUT2D eigenvalue weighted by Gasteiger charge is 2.20. The standard InChI is InChI=1S/C20H40O5/c1-3-4-5-6-7-8-9-10-11-12-13-16-24-18-25-20(17-22)19(23-2)14-15-21/h12-13,19-22H,3-11,14-18H2,1-2H3/b13-12+/t19-,20?/m0/s1. The van der Waals surface area contributed by atoms with E-state index >= 15 is 0 Å². The highest BCUT2D eigenvalue weighted by Crippen LogP contribution is 2.10. The topological polar surface area (TPSA) is 68.2 Å². The Bertz CT molecular complexity index is 283. The first kappa shape index (κ1) is 24.5. The van der Waals surface area contributed by atoms with E-state index in [4.69, 9.17) is 19.3 Å². The third-order valence-electron chi connectivity index (χ3n) is 4.28. The molecule has 0 spiro atoms. The quantitative estimate of drug-likeness (QED) is 0.208. The van der Waals surface area contributed by atoms with Crippen LogP contribution in [-0.4, -0.2) is 56.1 Å². The number of unbranched alkanes of at least 4 members (excludes halogenated alkanes) is 8. The highest BCUT2D eigenvalue weighted by molar-refractivity contribution is 4.81. The second-order valence-corrected chi connectivity index (χ2v) is 6.40. The van der Waals surface area contributed by atoms with Gasteiger partial charge in [-0.05, 0) is 19.3 Å². The second-order valence-electron chi connectivity index (χ2n) is 6.40. The molecule has 5 heteroatoms. The molecule has 0 rings (SSSR count). The Balaban J connectivity index is 3.47. The predicted molar refractivity (Wildman–Crippen MR) is 102 cm³/mol. The van der Waals surface area contributed by atoms with Crippen molar-refractivity contribution in [2.24, 2.45) is 0 Å². The average molecular weight is 361 g/mol. The summed E-state index contributed by atoms with van der Waals surface area (Å²) >= 11 is 0. The summed E-state index contributed by atoms with van der Waals surface area (Å²) < 4.78 is 16.0. The molecule has 0 aliphatic carbocycles. The van der Waals surface area contributed by atoms with Crippen LogP contribution in [0.1, 0.15) is 71.1 Å². The van der Waals surface area contributed by atoms with Gasteiger partial charge in [0.25, 0.3) is 0 Å². The van der Waals surface area contributed by atoms with Crippen LogP contribution in [0.3, 0.4) is 0 Å². The van der Waals surface area contributed by atoms with E-state index in [1.807, 2.05) is 6.08 Å². The fourth-order valence-corrected chi connectivity index (χ4v) is 2.69. The normalized spacial score (nSPS) is 14.2. The summed E-state index contributed by atoms with van der Waals surface area (Å²) in [7, 11) is 1.54. The van der Waals surface area contributed by atoms with Crippen LogP contribution in [0.2, 0.25) is 0 Å². The predicted octanol–water partition coefficient (Wildman–Crippen LogP) is 3.82. The number of aliphatic hydroxyl groups is 2. The maximum Gasteiger partial charge on any atom is 0.147 e. The van der Waals surface area contributed by atoms with E-state index in [2.05, 4.69) is 13.0 Å². The lowest BCUT2D eigenvalue weighted by atomic mass is 10.1. The van der Waals surface area contributed by atoms with Crippen molar-refractivity contribution in [3.8, 4) is 0 Å². The summed E-state index contributed by atoms with van der Waals surface area (Å²) in [5, 5.41) is 18.3. The summed E-state index contributed by atoms with van der Waals surface area (Å²) in [5.41, 5.74) is 0. The summed E-state index contributed by atoms with van der Waals surface area (Å²) in [6, 6.07) is 0. The largest absolute Gasteiger partial charge is 0.396 e. The molecule has 0 heterocycles. The molecule has 5 nitrogen and oxygen atoms in total. The van der Waals surface area contributed by atoms with Crippen molar-refractivity contribution in [2.75, 3.05) is 33.7 Å². The van der Waals surface area contributed by atoms with Gasteiger partial charge in [-0.3, -0.25) is 0 Å². The molecular formula is C20H40O5. The molecule has 0 bridgehead atoms. The van der Waals surface area contributed by atoms with Crippen LogP contribution < -0.4 is 0 Å². The molecule has 2 N–H and O–H groups in total. The third-order valence-corrected chi connectivity index (χ3v) is 4.28. The van der Waals surface area contributed by atoms with Crippen LogP contribution in [0, 0.1) is 0 Å². The van der Waals surface area contributed by atoms with E-state index in [9.17, 15) is 5.11 Å². The Morgan fingerprint density at radius 2 is 1.56 bits per heavy atom. The van der Waals surface area contributed by atoms with Crippen molar-refractivity contribution >= 4 is 0 Å². The first-order valence-electron chi connectivity index (χ1n) is 9.88. The average Bonchev–Trinajstić information content (AvgIpc) is 2.63. The number of methoxy groups -OCH3 is 1. The molecule has 0 aliphatic heterocycles. The summed E-state index contributed by atoms with van der Waals surface area (Å²) in [6.45, 7) is 2.71. The first-order valence-corrected chi connectivity index (χ1v) is 9.88. The molecule has 0 aromatic carbocycles. The molecule has 2 atom stereocenters. The number of aliphatic hydroxyl groups excluding tert-OH is 2. The SMILES string of the molecule is CCCCCCCCCC/C=C/COCOC(CO)[C@H](CCO)OC. The van der Waals surface area contributed by atoms with Crippen LogP contribution >= 0.6 is 0 Å². The van der Waals surface area contributed by atoms with E-state index in [-0.39, 0.29) is 26.1 Å².